The monoisotopic (exact) mass is 245 g/mol. The van der Waals surface area contributed by atoms with Gasteiger partial charge in [0, 0.05) is 25.8 Å². The van der Waals surface area contributed by atoms with Gasteiger partial charge < -0.3 is 14.9 Å². The molecule has 0 fully saturated rings. The summed E-state index contributed by atoms with van der Waals surface area (Å²) in [6, 6.07) is 2.56. The number of carbonyl (C=O) groups is 1. The number of aromatic nitrogens is 1. The molecule has 0 unspecified atom stereocenters. The summed E-state index contributed by atoms with van der Waals surface area (Å²) in [5.74, 6) is 0.226. The molecule has 2 N–H and O–H groups in total. The fourth-order valence-corrected chi connectivity index (χ4v) is 1.97. The van der Waals surface area contributed by atoms with Crippen molar-refractivity contribution in [3.8, 4) is 11.8 Å². The Morgan fingerprint density at radius 3 is 2.62 bits per heavy atom. The number of ether oxygens (including phenoxy) is 1. The summed E-state index contributed by atoms with van der Waals surface area (Å²) in [5.41, 5.74) is 0. The first-order valence-corrected chi connectivity index (χ1v) is 6.02. The molecular weight excluding hydrogens is 230 g/mol. The molecule has 0 radical (unpaired) electrons. The number of thioether (sulfide) groups is 1. The molecule has 0 aliphatic carbocycles. The first kappa shape index (κ1) is 12.9. The summed E-state index contributed by atoms with van der Waals surface area (Å²) in [7, 11) is 1.63. The Balaban J connectivity index is 2.36. The van der Waals surface area contributed by atoms with Crippen molar-refractivity contribution < 1.29 is 19.7 Å². The minimum Gasteiger partial charge on any atom is -0.494 e. The van der Waals surface area contributed by atoms with E-state index in [9.17, 15) is 15.0 Å². The van der Waals surface area contributed by atoms with Gasteiger partial charge in [0.25, 0.3) is 0 Å². The van der Waals surface area contributed by atoms with Gasteiger partial charge in [-0.15, -0.1) is 0 Å². The summed E-state index contributed by atoms with van der Waals surface area (Å²) >= 11 is 1.44. The van der Waals surface area contributed by atoms with E-state index in [0.29, 0.717) is 6.61 Å². The Hall–Kier alpha value is -1.14. The quantitative estimate of drug-likeness (QED) is 0.739. The van der Waals surface area contributed by atoms with Crippen LogP contribution in [0, 0.1) is 0 Å². The topological polar surface area (TPSA) is 71.7 Å². The lowest BCUT2D eigenvalue weighted by atomic mass is 10.5. The van der Waals surface area contributed by atoms with Crippen molar-refractivity contribution in [2.45, 2.75) is 6.42 Å². The third-order valence-electron chi connectivity index (χ3n) is 1.95. The predicted octanol–water partition coefficient (Wildman–Crippen LogP) is 1.31. The summed E-state index contributed by atoms with van der Waals surface area (Å²) in [4.78, 5) is 11.6. The van der Waals surface area contributed by atoms with Crippen LogP contribution < -0.4 is 0 Å². The fraction of sp³-hybridized carbons (Fsp3) is 0.500. The van der Waals surface area contributed by atoms with Crippen molar-refractivity contribution in [1.29, 1.82) is 0 Å². The standard InChI is InChI=1S/C10H15NO4S/c1-15-5-2-6-16-7-10(14)11-8(12)3-4-9(11)13/h3-4,12-13H,2,5-7H2,1H3. The van der Waals surface area contributed by atoms with Gasteiger partial charge in [-0.25, -0.2) is 4.57 Å². The van der Waals surface area contributed by atoms with Crippen molar-refractivity contribution in [1.82, 2.24) is 4.57 Å². The van der Waals surface area contributed by atoms with Gasteiger partial charge in [0.1, 0.15) is 0 Å². The molecule has 0 atom stereocenters. The van der Waals surface area contributed by atoms with E-state index < -0.39 is 0 Å². The number of nitrogens with zero attached hydrogens (tertiary/aromatic N) is 1. The van der Waals surface area contributed by atoms with E-state index in [2.05, 4.69) is 0 Å². The lowest BCUT2D eigenvalue weighted by molar-refractivity contribution is 0.0923. The Labute approximate surface area is 98.0 Å². The lowest BCUT2D eigenvalue weighted by Gasteiger charge is -2.04. The molecule has 1 aromatic rings. The summed E-state index contributed by atoms with van der Waals surface area (Å²) < 4.78 is 5.77. The van der Waals surface area contributed by atoms with Gasteiger partial charge in [-0.05, 0) is 12.2 Å². The molecule has 0 aliphatic rings. The van der Waals surface area contributed by atoms with Crippen LogP contribution in [-0.2, 0) is 4.74 Å². The zero-order valence-electron chi connectivity index (χ0n) is 9.05. The minimum absolute atomic E-state index is 0.222. The molecule has 0 aliphatic heterocycles. The largest absolute Gasteiger partial charge is 0.494 e. The van der Waals surface area contributed by atoms with Crippen molar-refractivity contribution in [3.05, 3.63) is 12.1 Å². The second-order valence-corrected chi connectivity index (χ2v) is 4.28. The van der Waals surface area contributed by atoms with E-state index in [1.165, 1.54) is 23.9 Å². The molecule has 0 amide bonds. The third-order valence-corrected chi connectivity index (χ3v) is 2.98. The van der Waals surface area contributed by atoms with Crippen LogP contribution in [0.3, 0.4) is 0 Å². The highest BCUT2D eigenvalue weighted by molar-refractivity contribution is 7.99. The van der Waals surface area contributed by atoms with Gasteiger partial charge in [-0.2, -0.15) is 11.8 Å². The van der Waals surface area contributed by atoms with Gasteiger partial charge in [0.15, 0.2) is 0 Å². The van der Waals surface area contributed by atoms with Crippen LogP contribution in [0.2, 0.25) is 0 Å². The number of hydrogen-bond donors (Lipinski definition) is 2. The van der Waals surface area contributed by atoms with Crippen LogP contribution in [0.1, 0.15) is 11.2 Å². The molecule has 0 bridgehead atoms. The molecule has 0 aromatic carbocycles. The van der Waals surface area contributed by atoms with Gasteiger partial charge in [0.2, 0.25) is 17.7 Å². The first-order chi connectivity index (χ1) is 7.66. The van der Waals surface area contributed by atoms with E-state index >= 15 is 0 Å². The van der Waals surface area contributed by atoms with Crippen molar-refractivity contribution >= 4 is 17.7 Å². The van der Waals surface area contributed by atoms with Crippen LogP contribution in [0.5, 0.6) is 11.8 Å². The molecule has 0 spiro atoms. The fourth-order valence-electron chi connectivity index (χ4n) is 1.20. The highest BCUT2D eigenvalue weighted by Crippen LogP contribution is 2.21. The Kier molecular flexibility index (Phi) is 5.21. The molecular formula is C10H15NO4S. The van der Waals surface area contributed by atoms with Crippen LogP contribution >= 0.6 is 11.8 Å². The number of rotatable bonds is 6. The SMILES string of the molecule is COCCCSCC(=O)n1c(O)ccc1O. The molecule has 0 saturated carbocycles. The molecule has 90 valence electrons. The highest BCUT2D eigenvalue weighted by Gasteiger charge is 2.13. The normalized spacial score (nSPS) is 10.6. The van der Waals surface area contributed by atoms with E-state index in [1.807, 2.05) is 0 Å². The van der Waals surface area contributed by atoms with Crippen molar-refractivity contribution in [2.24, 2.45) is 0 Å². The van der Waals surface area contributed by atoms with Crippen LogP contribution in [-0.4, -0.2) is 45.9 Å². The molecule has 1 heterocycles. The summed E-state index contributed by atoms with van der Waals surface area (Å²) in [5, 5.41) is 18.6. The number of hydrogen-bond acceptors (Lipinski definition) is 5. The molecule has 1 rings (SSSR count). The molecule has 16 heavy (non-hydrogen) atoms. The zero-order valence-corrected chi connectivity index (χ0v) is 9.87. The maximum absolute atomic E-state index is 11.6. The van der Waals surface area contributed by atoms with Gasteiger partial charge in [-0.3, -0.25) is 4.79 Å². The molecule has 0 saturated heterocycles. The van der Waals surface area contributed by atoms with E-state index in [0.717, 1.165) is 16.7 Å². The predicted molar refractivity (Wildman–Crippen MR) is 62.2 cm³/mol. The summed E-state index contributed by atoms with van der Waals surface area (Å²) in [6.07, 6.45) is 0.873. The number of aromatic hydroxyl groups is 2. The molecule has 1 aromatic heterocycles. The van der Waals surface area contributed by atoms with Crippen molar-refractivity contribution in [3.63, 3.8) is 0 Å². The van der Waals surface area contributed by atoms with E-state index in [1.54, 1.807) is 7.11 Å². The van der Waals surface area contributed by atoms with Crippen LogP contribution in [0.15, 0.2) is 12.1 Å². The third kappa shape index (κ3) is 3.46. The first-order valence-electron chi connectivity index (χ1n) is 4.86. The van der Waals surface area contributed by atoms with Gasteiger partial charge in [0.05, 0.1) is 5.75 Å². The van der Waals surface area contributed by atoms with E-state index in [-0.39, 0.29) is 23.4 Å². The maximum atomic E-state index is 11.6. The number of carbonyl (C=O) groups excluding carboxylic acids is 1. The Morgan fingerprint density at radius 2 is 2.06 bits per heavy atom. The zero-order chi connectivity index (χ0) is 12.0. The van der Waals surface area contributed by atoms with Crippen LogP contribution in [0.25, 0.3) is 0 Å². The number of methoxy groups -OCH3 is 1. The highest BCUT2D eigenvalue weighted by atomic mass is 32.2. The average Bonchev–Trinajstić information content (AvgIpc) is 2.58. The minimum atomic E-state index is -0.331. The van der Waals surface area contributed by atoms with Crippen molar-refractivity contribution in [2.75, 3.05) is 25.2 Å². The second kappa shape index (κ2) is 6.44. The molecule has 6 heteroatoms. The summed E-state index contributed by atoms with van der Waals surface area (Å²) in [6.45, 7) is 0.668. The molecule has 5 nitrogen and oxygen atoms in total. The van der Waals surface area contributed by atoms with E-state index in [4.69, 9.17) is 4.74 Å². The van der Waals surface area contributed by atoms with Gasteiger partial charge >= 0.3 is 0 Å². The van der Waals surface area contributed by atoms with Crippen LogP contribution in [0.4, 0.5) is 0 Å². The Bertz CT molecular complexity index is 331. The average molecular weight is 245 g/mol. The maximum Gasteiger partial charge on any atom is 0.246 e. The lowest BCUT2D eigenvalue weighted by Crippen LogP contribution is -2.12. The van der Waals surface area contributed by atoms with Gasteiger partial charge in [-0.1, -0.05) is 0 Å². The smallest absolute Gasteiger partial charge is 0.246 e. The Morgan fingerprint density at radius 1 is 1.44 bits per heavy atom. The second-order valence-electron chi connectivity index (χ2n) is 3.18.